The molecule has 2 rings (SSSR count). The minimum Gasteiger partial charge on any atom is -0.355 e. The van der Waals surface area contributed by atoms with E-state index in [9.17, 15) is 8.42 Å². The van der Waals surface area contributed by atoms with E-state index in [2.05, 4.69) is 66.0 Å². The van der Waals surface area contributed by atoms with Crippen LogP contribution in [0.2, 0.25) is 0 Å². The molecule has 1 saturated heterocycles. The van der Waals surface area contributed by atoms with Gasteiger partial charge in [0, 0.05) is 44.3 Å². The van der Waals surface area contributed by atoms with Crippen LogP contribution in [0, 0.1) is 0 Å². The molecule has 1 aromatic rings. The molecule has 0 aliphatic carbocycles. The van der Waals surface area contributed by atoms with Crippen LogP contribution < -0.4 is 16.0 Å². The zero-order valence-corrected chi connectivity index (χ0v) is 19.9. The van der Waals surface area contributed by atoms with Crippen LogP contribution in [0.1, 0.15) is 58.6 Å². The van der Waals surface area contributed by atoms with Crippen LogP contribution in [0.15, 0.2) is 35.3 Å². The maximum atomic E-state index is 12.2. The van der Waals surface area contributed by atoms with E-state index >= 15 is 0 Å². The molecule has 8 heteroatoms. The lowest BCUT2D eigenvalue weighted by molar-refractivity contribution is 0.304. The lowest BCUT2D eigenvalue weighted by Crippen LogP contribution is -2.54. The molecule has 1 aromatic carbocycles. The fourth-order valence-corrected chi connectivity index (χ4v) is 5.36. The second-order valence-electron chi connectivity index (χ2n) is 8.72. The number of nitrogens with zero attached hydrogens (tertiary/aromatic N) is 2. The van der Waals surface area contributed by atoms with Gasteiger partial charge in [0.25, 0.3) is 0 Å². The first-order valence-corrected chi connectivity index (χ1v) is 12.6. The van der Waals surface area contributed by atoms with Gasteiger partial charge in [-0.15, -0.1) is 0 Å². The summed E-state index contributed by atoms with van der Waals surface area (Å²) in [6.07, 6.45) is 2.23. The van der Waals surface area contributed by atoms with Gasteiger partial charge in [-0.3, -0.25) is 4.99 Å². The zero-order valence-electron chi connectivity index (χ0n) is 19.1. The fourth-order valence-electron chi connectivity index (χ4n) is 3.82. The number of rotatable bonds is 9. The van der Waals surface area contributed by atoms with E-state index in [4.69, 9.17) is 0 Å². The van der Waals surface area contributed by atoms with E-state index in [-0.39, 0.29) is 23.4 Å². The molecule has 7 nitrogen and oxygen atoms in total. The van der Waals surface area contributed by atoms with Crippen molar-refractivity contribution in [1.82, 2.24) is 20.3 Å². The predicted octanol–water partition coefficient (Wildman–Crippen LogP) is 2.49. The molecule has 1 heterocycles. The van der Waals surface area contributed by atoms with Gasteiger partial charge in [-0.1, -0.05) is 37.3 Å². The summed E-state index contributed by atoms with van der Waals surface area (Å²) in [5.41, 5.74) is 1.13. The Hall–Kier alpha value is -1.64. The van der Waals surface area contributed by atoms with Gasteiger partial charge >= 0.3 is 0 Å². The maximum Gasteiger partial charge on any atom is 0.214 e. The Morgan fingerprint density at radius 2 is 1.87 bits per heavy atom. The molecule has 1 atom stereocenters. The van der Waals surface area contributed by atoms with Crippen molar-refractivity contribution in [3.8, 4) is 0 Å². The minimum absolute atomic E-state index is 0.134. The van der Waals surface area contributed by atoms with Crippen LogP contribution in [-0.2, 0) is 10.0 Å². The van der Waals surface area contributed by atoms with E-state index in [0.29, 0.717) is 26.1 Å². The Labute approximate surface area is 182 Å². The smallest absolute Gasteiger partial charge is 0.214 e. The summed E-state index contributed by atoms with van der Waals surface area (Å²) in [5.74, 6) is 0.991. The van der Waals surface area contributed by atoms with E-state index in [1.54, 1.807) is 11.4 Å². The summed E-state index contributed by atoms with van der Waals surface area (Å²) < 4.78 is 26.1. The lowest BCUT2D eigenvalue weighted by Gasteiger charge is -2.34. The average molecular weight is 438 g/mol. The summed E-state index contributed by atoms with van der Waals surface area (Å²) in [6, 6.07) is 10.9. The number of guanidine groups is 1. The summed E-state index contributed by atoms with van der Waals surface area (Å²) >= 11 is 0. The number of sulfonamides is 1. The van der Waals surface area contributed by atoms with Gasteiger partial charge in [0.1, 0.15) is 0 Å². The second-order valence-corrected chi connectivity index (χ2v) is 10.8. The van der Waals surface area contributed by atoms with Crippen molar-refractivity contribution in [2.24, 2.45) is 4.99 Å². The Kier molecular flexibility index (Phi) is 9.12. The van der Waals surface area contributed by atoms with E-state index in [1.165, 1.54) is 5.56 Å². The summed E-state index contributed by atoms with van der Waals surface area (Å²) in [7, 11) is -1.34. The second kappa shape index (κ2) is 11.1. The number of hydrogen-bond acceptors (Lipinski definition) is 4. The van der Waals surface area contributed by atoms with Crippen LogP contribution in [0.3, 0.4) is 0 Å². The van der Waals surface area contributed by atoms with E-state index in [1.807, 2.05) is 13.0 Å². The molecular weight excluding hydrogens is 398 g/mol. The molecule has 170 valence electrons. The molecule has 1 aliphatic rings. The summed E-state index contributed by atoms with van der Waals surface area (Å²) in [4.78, 5) is 4.35. The number of piperidine rings is 1. The van der Waals surface area contributed by atoms with Crippen LogP contribution >= 0.6 is 0 Å². The van der Waals surface area contributed by atoms with Crippen LogP contribution in [0.25, 0.3) is 0 Å². The highest BCUT2D eigenvalue weighted by molar-refractivity contribution is 7.89. The Bertz CT molecular complexity index is 772. The number of hydrogen-bond donors (Lipinski definition) is 3. The standard InChI is InChI=1S/C22H39N5O2S/c1-6-16-30(28,29)27-14-12-20(13-15-27)25-21(23-5)24-17-22(3,4)26-18(2)19-10-8-7-9-11-19/h7-11,18,20,26H,6,12-17H2,1-5H3,(H2,23,24,25). The van der Waals surface area contributed by atoms with Crippen molar-refractivity contribution in [3.05, 3.63) is 35.9 Å². The molecule has 1 fully saturated rings. The van der Waals surface area contributed by atoms with Gasteiger partial charge in [0.15, 0.2) is 5.96 Å². The van der Waals surface area contributed by atoms with Gasteiger partial charge in [-0.25, -0.2) is 12.7 Å². The quantitative estimate of drug-likeness (QED) is 0.408. The first-order valence-electron chi connectivity index (χ1n) is 10.9. The Morgan fingerprint density at radius 1 is 1.23 bits per heavy atom. The molecule has 0 aromatic heterocycles. The highest BCUT2D eigenvalue weighted by atomic mass is 32.2. The highest BCUT2D eigenvalue weighted by Crippen LogP contribution is 2.17. The van der Waals surface area contributed by atoms with Gasteiger partial charge in [0.05, 0.1) is 5.75 Å². The zero-order chi connectivity index (χ0) is 22.2. The number of benzene rings is 1. The molecule has 1 aliphatic heterocycles. The third kappa shape index (κ3) is 7.56. The molecule has 30 heavy (non-hydrogen) atoms. The first-order chi connectivity index (χ1) is 14.2. The van der Waals surface area contributed by atoms with Crippen LogP contribution in [-0.4, -0.2) is 62.7 Å². The monoisotopic (exact) mass is 437 g/mol. The van der Waals surface area contributed by atoms with Crippen molar-refractivity contribution in [3.63, 3.8) is 0 Å². The molecule has 0 spiro atoms. The molecular formula is C22H39N5O2S. The summed E-state index contributed by atoms with van der Waals surface area (Å²) in [6.45, 7) is 10.3. The van der Waals surface area contributed by atoms with Crippen molar-refractivity contribution < 1.29 is 8.42 Å². The van der Waals surface area contributed by atoms with E-state index in [0.717, 1.165) is 18.8 Å². The van der Waals surface area contributed by atoms with Crippen molar-refractivity contribution in [2.75, 3.05) is 32.4 Å². The van der Waals surface area contributed by atoms with Gasteiger partial charge in [0.2, 0.25) is 10.0 Å². The van der Waals surface area contributed by atoms with E-state index < -0.39 is 10.0 Å². The maximum absolute atomic E-state index is 12.2. The largest absolute Gasteiger partial charge is 0.355 e. The topological polar surface area (TPSA) is 85.8 Å². The Morgan fingerprint density at radius 3 is 2.43 bits per heavy atom. The SMILES string of the molecule is CCCS(=O)(=O)N1CCC(NC(=NC)NCC(C)(C)NC(C)c2ccccc2)CC1. The fraction of sp³-hybridized carbons (Fsp3) is 0.682. The molecule has 0 bridgehead atoms. The number of aliphatic imine (C=N–C) groups is 1. The Balaban J connectivity index is 1.81. The third-order valence-corrected chi connectivity index (χ3v) is 7.55. The predicted molar refractivity (Wildman–Crippen MR) is 125 cm³/mol. The average Bonchev–Trinajstić information content (AvgIpc) is 2.71. The van der Waals surface area contributed by atoms with Crippen LogP contribution in [0.4, 0.5) is 0 Å². The molecule has 0 amide bonds. The lowest BCUT2D eigenvalue weighted by atomic mass is 10.0. The molecule has 0 radical (unpaired) electrons. The molecule has 0 saturated carbocycles. The minimum atomic E-state index is -3.10. The summed E-state index contributed by atoms with van der Waals surface area (Å²) in [5, 5.41) is 10.5. The van der Waals surface area contributed by atoms with Crippen molar-refractivity contribution in [1.29, 1.82) is 0 Å². The van der Waals surface area contributed by atoms with Gasteiger partial charge in [-0.05, 0) is 45.6 Å². The van der Waals surface area contributed by atoms with Gasteiger partial charge < -0.3 is 16.0 Å². The van der Waals surface area contributed by atoms with Gasteiger partial charge in [-0.2, -0.15) is 0 Å². The highest BCUT2D eigenvalue weighted by Gasteiger charge is 2.28. The first kappa shape index (κ1) is 24.6. The third-order valence-electron chi connectivity index (χ3n) is 5.48. The van der Waals surface area contributed by atoms with Crippen molar-refractivity contribution >= 4 is 16.0 Å². The van der Waals surface area contributed by atoms with Crippen molar-refractivity contribution in [2.45, 2.75) is 64.6 Å². The molecule has 1 unspecified atom stereocenters. The molecule has 3 N–H and O–H groups in total. The number of nitrogens with one attached hydrogen (secondary N) is 3. The normalized spacial score (nSPS) is 18.2. The van der Waals surface area contributed by atoms with Crippen LogP contribution in [0.5, 0.6) is 0 Å².